The molecule has 150 valence electrons. The minimum atomic E-state index is -0.745. The molecule has 5 rings (SSSR count). The Balaban J connectivity index is 1.65. The van der Waals surface area contributed by atoms with E-state index in [2.05, 4.69) is 10.6 Å². The van der Waals surface area contributed by atoms with Crippen LogP contribution < -0.4 is 20.4 Å². The third kappa shape index (κ3) is 2.47. The number of ether oxygens (including phenoxy) is 1. The van der Waals surface area contributed by atoms with Gasteiger partial charge in [-0.3, -0.25) is 9.63 Å². The number of fused-ring (bicyclic) bond motifs is 4. The third-order valence-electron chi connectivity index (χ3n) is 6.61. The van der Waals surface area contributed by atoms with Crippen LogP contribution in [0.25, 0.3) is 0 Å². The van der Waals surface area contributed by atoms with Gasteiger partial charge in [-0.1, -0.05) is 12.8 Å². The molecular formula is C20H26N4O4. The summed E-state index contributed by atoms with van der Waals surface area (Å²) in [7, 11) is 1.61. The molecule has 1 aromatic carbocycles. The predicted molar refractivity (Wildman–Crippen MR) is 103 cm³/mol. The number of carbonyl (C=O) groups excluding carboxylic acids is 2. The minimum Gasteiger partial charge on any atom is -0.468 e. The molecule has 0 aromatic heterocycles. The monoisotopic (exact) mass is 386 g/mol. The van der Waals surface area contributed by atoms with E-state index in [1.165, 1.54) is 0 Å². The molecule has 1 saturated heterocycles. The van der Waals surface area contributed by atoms with E-state index in [1.54, 1.807) is 12.2 Å². The van der Waals surface area contributed by atoms with Gasteiger partial charge in [-0.05, 0) is 37.8 Å². The zero-order valence-electron chi connectivity index (χ0n) is 16.1. The molecule has 8 heteroatoms. The summed E-state index contributed by atoms with van der Waals surface area (Å²) in [5, 5.41) is 7.76. The standard InChI is InChI=1S/C20H26N4O4/c1-27-24-12-28-17-15(24)8-7-14-16(17)20(22-19(26)21-14)9-3-2-6-13(20)18(25)23-10-4-5-11-23/h7-8,13H,2-6,9-12H2,1H3,(H2,21,22,26). The van der Waals surface area contributed by atoms with E-state index in [0.717, 1.165) is 68.6 Å². The number of nitrogens with zero attached hydrogens (tertiary/aromatic N) is 2. The lowest BCUT2D eigenvalue weighted by Gasteiger charge is -2.48. The Labute approximate surface area is 164 Å². The number of urea groups is 1. The quantitative estimate of drug-likeness (QED) is 0.816. The van der Waals surface area contributed by atoms with Crippen molar-refractivity contribution in [3.63, 3.8) is 0 Å². The fourth-order valence-electron chi connectivity index (χ4n) is 5.34. The maximum atomic E-state index is 13.5. The number of hydrogen-bond donors (Lipinski definition) is 2. The second-order valence-electron chi connectivity index (χ2n) is 8.05. The Morgan fingerprint density at radius 1 is 1.25 bits per heavy atom. The Morgan fingerprint density at radius 2 is 2.07 bits per heavy atom. The van der Waals surface area contributed by atoms with Crippen LogP contribution in [0.3, 0.4) is 0 Å². The lowest BCUT2D eigenvalue weighted by Crippen LogP contribution is -2.60. The summed E-state index contributed by atoms with van der Waals surface area (Å²) in [6, 6.07) is 3.53. The molecule has 1 spiro atoms. The number of amides is 3. The van der Waals surface area contributed by atoms with Crippen LogP contribution in [0, 0.1) is 5.92 Å². The summed E-state index contributed by atoms with van der Waals surface area (Å²) in [6.07, 6.45) is 5.55. The van der Waals surface area contributed by atoms with Crippen molar-refractivity contribution in [2.45, 2.75) is 44.1 Å². The molecule has 3 aliphatic heterocycles. The highest BCUT2D eigenvalue weighted by Crippen LogP contribution is 2.54. The number of nitrogens with one attached hydrogen (secondary N) is 2. The largest absolute Gasteiger partial charge is 0.468 e. The maximum Gasteiger partial charge on any atom is 0.319 e. The van der Waals surface area contributed by atoms with Crippen LogP contribution in [0.2, 0.25) is 0 Å². The molecule has 1 aromatic rings. The lowest BCUT2D eigenvalue weighted by atomic mass is 9.66. The van der Waals surface area contributed by atoms with Crippen LogP contribution in [-0.4, -0.2) is 43.8 Å². The molecular weight excluding hydrogens is 360 g/mol. The maximum absolute atomic E-state index is 13.5. The summed E-state index contributed by atoms with van der Waals surface area (Å²) >= 11 is 0. The van der Waals surface area contributed by atoms with Crippen LogP contribution >= 0.6 is 0 Å². The average molecular weight is 386 g/mol. The summed E-state index contributed by atoms with van der Waals surface area (Å²) in [5.41, 5.74) is 1.70. The molecule has 28 heavy (non-hydrogen) atoms. The molecule has 0 radical (unpaired) electrons. The van der Waals surface area contributed by atoms with Crippen LogP contribution in [0.4, 0.5) is 16.2 Å². The molecule has 0 bridgehead atoms. The molecule has 2 N–H and O–H groups in total. The first kappa shape index (κ1) is 17.6. The van der Waals surface area contributed by atoms with Gasteiger partial charge in [-0.25, -0.2) is 9.86 Å². The van der Waals surface area contributed by atoms with Crippen LogP contribution in [0.15, 0.2) is 12.1 Å². The van der Waals surface area contributed by atoms with E-state index in [4.69, 9.17) is 9.57 Å². The van der Waals surface area contributed by atoms with Gasteiger partial charge in [0, 0.05) is 18.7 Å². The van der Waals surface area contributed by atoms with Crippen molar-refractivity contribution in [1.29, 1.82) is 0 Å². The van der Waals surface area contributed by atoms with Gasteiger partial charge in [0.2, 0.25) is 5.91 Å². The highest BCUT2D eigenvalue weighted by atomic mass is 16.7. The van der Waals surface area contributed by atoms with Gasteiger partial charge >= 0.3 is 6.03 Å². The highest BCUT2D eigenvalue weighted by Gasteiger charge is 2.53. The smallest absolute Gasteiger partial charge is 0.319 e. The zero-order valence-corrected chi connectivity index (χ0v) is 16.1. The molecule has 3 heterocycles. The molecule has 8 nitrogen and oxygen atoms in total. The number of hydroxylamine groups is 1. The Hall–Kier alpha value is -2.48. The predicted octanol–water partition coefficient (Wildman–Crippen LogP) is 2.55. The number of carbonyl (C=O) groups is 2. The zero-order chi connectivity index (χ0) is 19.3. The van der Waals surface area contributed by atoms with Gasteiger partial charge in [0.25, 0.3) is 0 Å². The number of rotatable bonds is 2. The molecule has 2 atom stereocenters. The number of anilines is 2. The molecule has 2 unspecified atom stereocenters. The van der Waals surface area contributed by atoms with Gasteiger partial charge in [0.15, 0.2) is 12.5 Å². The molecule has 3 amide bonds. The summed E-state index contributed by atoms with van der Waals surface area (Å²) in [6.45, 7) is 1.91. The first-order chi connectivity index (χ1) is 13.6. The number of likely N-dealkylation sites (tertiary alicyclic amines) is 1. The second-order valence-corrected chi connectivity index (χ2v) is 8.05. The Morgan fingerprint density at radius 3 is 2.86 bits per heavy atom. The summed E-state index contributed by atoms with van der Waals surface area (Å²) < 4.78 is 6.00. The lowest BCUT2D eigenvalue weighted by molar-refractivity contribution is -0.139. The van der Waals surface area contributed by atoms with Gasteiger partial charge in [0.05, 0.1) is 24.3 Å². The molecule has 2 fully saturated rings. The number of benzene rings is 1. The molecule has 1 aliphatic carbocycles. The van der Waals surface area contributed by atoms with E-state index >= 15 is 0 Å². The SMILES string of the molecule is CON1COc2c1ccc1c2C2(CCCCC2C(=O)N2CCCC2)NC(=O)N1. The van der Waals surface area contributed by atoms with Crippen LogP contribution in [0.5, 0.6) is 5.75 Å². The van der Waals surface area contributed by atoms with Crippen molar-refractivity contribution >= 4 is 23.3 Å². The Kier molecular flexibility index (Phi) is 4.12. The first-order valence-corrected chi connectivity index (χ1v) is 10.1. The van der Waals surface area contributed by atoms with Crippen molar-refractivity contribution in [3.8, 4) is 5.75 Å². The van der Waals surface area contributed by atoms with Crippen molar-refractivity contribution in [2.75, 3.05) is 37.3 Å². The van der Waals surface area contributed by atoms with Crippen molar-refractivity contribution in [3.05, 3.63) is 17.7 Å². The van der Waals surface area contributed by atoms with E-state index in [9.17, 15) is 9.59 Å². The average Bonchev–Trinajstić information content (AvgIpc) is 3.37. The minimum absolute atomic E-state index is 0.157. The van der Waals surface area contributed by atoms with Gasteiger partial charge in [-0.15, -0.1) is 0 Å². The molecule has 1 saturated carbocycles. The van der Waals surface area contributed by atoms with Gasteiger partial charge in [0.1, 0.15) is 5.69 Å². The van der Waals surface area contributed by atoms with Crippen molar-refractivity contribution < 1.29 is 19.2 Å². The first-order valence-electron chi connectivity index (χ1n) is 10.1. The topological polar surface area (TPSA) is 83.1 Å². The van der Waals surface area contributed by atoms with Crippen molar-refractivity contribution in [1.82, 2.24) is 10.2 Å². The second kappa shape index (κ2) is 6.55. The molecule has 4 aliphatic rings. The fourth-order valence-corrected chi connectivity index (χ4v) is 5.34. The summed E-state index contributed by atoms with van der Waals surface area (Å²) in [5.74, 6) is 0.577. The fraction of sp³-hybridized carbons (Fsp3) is 0.600. The highest BCUT2D eigenvalue weighted by molar-refractivity contribution is 5.97. The normalized spacial score (nSPS) is 28.5. The third-order valence-corrected chi connectivity index (χ3v) is 6.61. The Bertz CT molecular complexity index is 823. The summed E-state index contributed by atoms with van der Waals surface area (Å²) in [4.78, 5) is 33.5. The van der Waals surface area contributed by atoms with E-state index in [-0.39, 0.29) is 24.6 Å². The van der Waals surface area contributed by atoms with Gasteiger partial charge in [-0.2, -0.15) is 0 Å². The van der Waals surface area contributed by atoms with Crippen molar-refractivity contribution in [2.24, 2.45) is 5.92 Å². The van der Waals surface area contributed by atoms with E-state index in [1.807, 2.05) is 17.0 Å². The van der Waals surface area contributed by atoms with Crippen LogP contribution in [0.1, 0.15) is 44.1 Å². The van der Waals surface area contributed by atoms with E-state index < -0.39 is 5.54 Å². The van der Waals surface area contributed by atoms with Crippen LogP contribution in [-0.2, 0) is 15.2 Å². The van der Waals surface area contributed by atoms with E-state index in [0.29, 0.717) is 5.75 Å². The number of hydrogen-bond acceptors (Lipinski definition) is 5. The van der Waals surface area contributed by atoms with Gasteiger partial charge < -0.3 is 20.3 Å².